The summed E-state index contributed by atoms with van der Waals surface area (Å²) in [6.07, 6.45) is -2.47. The third-order valence-electron chi connectivity index (χ3n) is 6.74. The number of rotatable bonds is 13. The van der Waals surface area contributed by atoms with Crippen LogP contribution in [0.25, 0.3) is 10.9 Å². The molecule has 1 aliphatic rings. The second-order valence-corrected chi connectivity index (χ2v) is 9.68. The quantitative estimate of drug-likeness (QED) is 0.192. The number of carbonyl (C=O) groups is 6. The number of fused-ring (bicyclic) bond motifs is 1. The Bertz CT molecular complexity index is 1370. The van der Waals surface area contributed by atoms with Crippen LogP contribution in [0.15, 0.2) is 30.3 Å². The number of methoxy groups -OCH3 is 1. The van der Waals surface area contributed by atoms with E-state index in [0.717, 1.165) is 0 Å². The number of piperazine rings is 1. The van der Waals surface area contributed by atoms with E-state index in [1.54, 1.807) is 45.0 Å². The van der Waals surface area contributed by atoms with E-state index >= 15 is 0 Å². The summed E-state index contributed by atoms with van der Waals surface area (Å²) in [5.41, 5.74) is 0.123. The van der Waals surface area contributed by atoms with Crippen LogP contribution in [-0.2, 0) is 38.1 Å². The number of para-hydroxylation sites is 1. The minimum absolute atomic E-state index is 0.0122. The highest BCUT2D eigenvalue weighted by Crippen LogP contribution is 2.27. The fraction of sp³-hybridized carbons (Fsp3) is 0.500. The van der Waals surface area contributed by atoms with Gasteiger partial charge in [-0.25, -0.2) is 19.4 Å². The average molecular weight is 631 g/mol. The number of pyridine rings is 1. The van der Waals surface area contributed by atoms with Crippen LogP contribution in [0.4, 0.5) is 4.79 Å². The van der Waals surface area contributed by atoms with Gasteiger partial charge in [-0.3, -0.25) is 14.4 Å². The molecular formula is C30H38N4O11. The van der Waals surface area contributed by atoms with E-state index in [1.807, 2.05) is 0 Å². The summed E-state index contributed by atoms with van der Waals surface area (Å²) in [5, 5.41) is 3.04. The number of aromatic nitrogens is 1. The average Bonchev–Trinajstić information content (AvgIpc) is 3.04. The molecule has 1 unspecified atom stereocenters. The highest BCUT2D eigenvalue weighted by atomic mass is 16.6. The topological polar surface area (TPSA) is 180 Å². The molecule has 1 saturated heterocycles. The summed E-state index contributed by atoms with van der Waals surface area (Å²) in [4.78, 5) is 83.6. The molecule has 1 aromatic carbocycles. The third-order valence-corrected chi connectivity index (χ3v) is 6.74. The summed E-state index contributed by atoms with van der Waals surface area (Å²) in [6.45, 7) is 5.89. The van der Waals surface area contributed by atoms with Crippen molar-refractivity contribution in [1.29, 1.82) is 0 Å². The summed E-state index contributed by atoms with van der Waals surface area (Å²) in [5.74, 6) is -3.78. The van der Waals surface area contributed by atoms with E-state index in [-0.39, 0.29) is 70.3 Å². The maximum atomic E-state index is 13.6. The molecule has 1 N–H and O–H groups in total. The van der Waals surface area contributed by atoms with E-state index in [0.29, 0.717) is 10.9 Å². The lowest BCUT2D eigenvalue weighted by atomic mass is 10.1. The second kappa shape index (κ2) is 16.8. The predicted molar refractivity (Wildman–Crippen MR) is 157 cm³/mol. The highest BCUT2D eigenvalue weighted by Gasteiger charge is 2.34. The van der Waals surface area contributed by atoms with Crippen molar-refractivity contribution < 1.29 is 52.5 Å². The van der Waals surface area contributed by atoms with Crippen molar-refractivity contribution in [2.45, 2.75) is 45.8 Å². The van der Waals surface area contributed by atoms with Crippen LogP contribution in [0, 0.1) is 0 Å². The maximum Gasteiger partial charge on any atom is 0.409 e. The Morgan fingerprint density at radius 1 is 0.867 bits per heavy atom. The van der Waals surface area contributed by atoms with Gasteiger partial charge in [0.15, 0.2) is 0 Å². The fourth-order valence-electron chi connectivity index (χ4n) is 4.51. The van der Waals surface area contributed by atoms with Crippen molar-refractivity contribution in [2.75, 3.05) is 53.1 Å². The molecule has 1 aliphatic heterocycles. The maximum absolute atomic E-state index is 13.6. The molecule has 1 atom stereocenters. The van der Waals surface area contributed by atoms with Gasteiger partial charge < -0.3 is 38.8 Å². The third kappa shape index (κ3) is 9.27. The molecule has 0 radical (unpaired) electrons. The Kier molecular flexibility index (Phi) is 12.9. The Balaban J connectivity index is 1.88. The first-order valence-corrected chi connectivity index (χ1v) is 14.6. The predicted octanol–water partition coefficient (Wildman–Crippen LogP) is 1.46. The van der Waals surface area contributed by atoms with E-state index in [4.69, 9.17) is 23.7 Å². The van der Waals surface area contributed by atoms with Gasteiger partial charge in [0, 0.05) is 44.1 Å². The van der Waals surface area contributed by atoms with Gasteiger partial charge in [0.2, 0.25) is 5.91 Å². The van der Waals surface area contributed by atoms with Crippen LogP contribution in [0.1, 0.15) is 44.1 Å². The standard InChI is InChI=1S/C30H38N4O11/c1-5-42-28(38)25(29(39)43-6-2)45-23-18-22(31-20-11-9-8-10-19(20)23)26(36)32-21(12-13-24(35)41-4)27(37)33-14-16-34(17-15-33)30(40)44-7-3/h8-11,18,21,25H,5-7,12-17H2,1-4H3,(H,32,36). The van der Waals surface area contributed by atoms with Crippen molar-refractivity contribution in [1.82, 2.24) is 20.1 Å². The van der Waals surface area contributed by atoms with E-state index < -0.39 is 48.0 Å². The van der Waals surface area contributed by atoms with Gasteiger partial charge in [0.05, 0.1) is 32.4 Å². The van der Waals surface area contributed by atoms with Crippen LogP contribution in [0.2, 0.25) is 0 Å². The smallest absolute Gasteiger partial charge is 0.409 e. The molecule has 0 aliphatic carbocycles. The molecule has 1 aromatic heterocycles. The van der Waals surface area contributed by atoms with Crippen molar-refractivity contribution >= 4 is 46.7 Å². The van der Waals surface area contributed by atoms with Crippen molar-refractivity contribution in [3.05, 3.63) is 36.0 Å². The molecule has 2 aromatic rings. The molecule has 15 heteroatoms. The molecule has 2 heterocycles. The summed E-state index contributed by atoms with van der Waals surface area (Å²) < 4.78 is 25.5. The lowest BCUT2D eigenvalue weighted by Gasteiger charge is -2.36. The minimum Gasteiger partial charge on any atom is -0.469 e. The Morgan fingerprint density at radius 3 is 2.07 bits per heavy atom. The van der Waals surface area contributed by atoms with Crippen LogP contribution in [0.3, 0.4) is 0 Å². The van der Waals surface area contributed by atoms with Crippen LogP contribution < -0.4 is 10.1 Å². The fourth-order valence-corrected chi connectivity index (χ4v) is 4.51. The summed E-state index contributed by atoms with van der Waals surface area (Å²) in [6, 6.07) is 6.69. The molecule has 15 nitrogen and oxygen atoms in total. The molecule has 45 heavy (non-hydrogen) atoms. The highest BCUT2D eigenvalue weighted by molar-refractivity contribution is 6.01. The number of nitrogens with zero attached hydrogens (tertiary/aromatic N) is 3. The van der Waals surface area contributed by atoms with E-state index in [9.17, 15) is 28.8 Å². The first kappa shape index (κ1) is 34.5. The van der Waals surface area contributed by atoms with Gasteiger partial charge in [0.25, 0.3) is 12.0 Å². The molecule has 244 valence electrons. The number of hydrogen-bond donors (Lipinski definition) is 1. The first-order chi connectivity index (χ1) is 21.6. The van der Waals surface area contributed by atoms with Crippen molar-refractivity contribution in [3.8, 4) is 5.75 Å². The molecule has 0 bridgehead atoms. The molecule has 0 spiro atoms. The number of nitrogens with one attached hydrogen (secondary N) is 1. The number of esters is 3. The van der Waals surface area contributed by atoms with Gasteiger partial charge in [-0.1, -0.05) is 12.1 Å². The lowest BCUT2D eigenvalue weighted by Crippen LogP contribution is -2.56. The summed E-state index contributed by atoms with van der Waals surface area (Å²) in [7, 11) is 1.22. The number of hydrogen-bond acceptors (Lipinski definition) is 12. The van der Waals surface area contributed by atoms with Gasteiger partial charge in [-0.05, 0) is 39.3 Å². The van der Waals surface area contributed by atoms with Crippen LogP contribution >= 0.6 is 0 Å². The zero-order valence-corrected chi connectivity index (χ0v) is 25.7. The Labute approximate surface area is 260 Å². The molecule has 0 saturated carbocycles. The van der Waals surface area contributed by atoms with Crippen molar-refractivity contribution in [3.63, 3.8) is 0 Å². The molecule has 1 fully saturated rings. The minimum atomic E-state index is -1.77. The largest absolute Gasteiger partial charge is 0.469 e. The number of ether oxygens (including phenoxy) is 5. The zero-order chi connectivity index (χ0) is 32.9. The number of amides is 3. The van der Waals surface area contributed by atoms with Gasteiger partial charge in [-0.2, -0.15) is 0 Å². The monoisotopic (exact) mass is 630 g/mol. The van der Waals surface area contributed by atoms with Gasteiger partial charge in [-0.15, -0.1) is 0 Å². The first-order valence-electron chi connectivity index (χ1n) is 14.6. The summed E-state index contributed by atoms with van der Waals surface area (Å²) >= 11 is 0. The number of benzene rings is 1. The second-order valence-electron chi connectivity index (χ2n) is 9.68. The normalized spacial score (nSPS) is 13.5. The molecule has 3 rings (SSSR count). The lowest BCUT2D eigenvalue weighted by molar-refractivity contribution is -0.166. The van der Waals surface area contributed by atoms with Crippen LogP contribution in [0.5, 0.6) is 5.75 Å². The van der Waals surface area contributed by atoms with Gasteiger partial charge in [0.1, 0.15) is 17.5 Å². The number of carbonyl (C=O) groups excluding carboxylic acids is 6. The van der Waals surface area contributed by atoms with Gasteiger partial charge >= 0.3 is 24.0 Å². The Morgan fingerprint density at radius 2 is 1.47 bits per heavy atom. The SMILES string of the molecule is CCOC(=O)C(Oc1cc(C(=O)NC(CCC(=O)OC)C(=O)N2CCN(C(=O)OCC)CC2)nc2ccccc12)C(=O)OCC. The van der Waals surface area contributed by atoms with E-state index in [1.165, 1.54) is 23.0 Å². The van der Waals surface area contributed by atoms with Crippen molar-refractivity contribution in [2.24, 2.45) is 0 Å². The van der Waals surface area contributed by atoms with E-state index in [2.05, 4.69) is 10.3 Å². The zero-order valence-electron chi connectivity index (χ0n) is 25.7. The Hall–Kier alpha value is -4.95. The molecular weight excluding hydrogens is 592 g/mol. The molecule has 3 amide bonds. The van der Waals surface area contributed by atoms with Crippen LogP contribution in [-0.4, -0.2) is 116 Å².